The molecule has 0 aromatic heterocycles. The van der Waals surface area contributed by atoms with Crippen LogP contribution in [-0.4, -0.2) is 39.1 Å². The Balaban J connectivity index is 2.41. The van der Waals surface area contributed by atoms with Crippen LogP contribution in [0.4, 0.5) is 0 Å². The van der Waals surface area contributed by atoms with Crippen LogP contribution < -0.4 is 0 Å². The maximum atomic E-state index is 12.5. The smallest absolute Gasteiger partial charge is 0.327 e. The number of unbranched alkanes of at least 4 members (excludes halogenated alkanes) is 36. The summed E-state index contributed by atoms with van der Waals surface area (Å²) < 4.78 is 30.3. The van der Waals surface area contributed by atoms with Crippen molar-refractivity contribution in [2.45, 2.75) is 333 Å². The molecule has 4 rings (SSSR count). The van der Waals surface area contributed by atoms with Gasteiger partial charge in [-0.3, -0.25) is 18.1 Å². The van der Waals surface area contributed by atoms with Gasteiger partial charge in [0, 0.05) is 0 Å². The van der Waals surface area contributed by atoms with E-state index in [2.05, 4.69) is 27.7 Å². The van der Waals surface area contributed by atoms with Gasteiger partial charge in [0.05, 0.1) is 0 Å². The third-order valence-corrected chi connectivity index (χ3v) is 21.8. The van der Waals surface area contributed by atoms with Crippen molar-refractivity contribution in [2.75, 3.05) is 0 Å². The maximum absolute atomic E-state index is 12.5. The Labute approximate surface area is 570 Å². The molecule has 0 saturated carbocycles. The van der Waals surface area contributed by atoms with Crippen molar-refractivity contribution in [3.05, 3.63) is 144 Å². The SMILES string of the molecule is CCCCCCCCCCCCC(OP(O)O)(c1ccccc1)C(C(CCCCCCCCCCCC)(OP(O)O)c1ccccc1)(C(CCCCCCCCCCCC)(OP(O)O)c1ccccc1)C(CCCCCCCCCCCC)(OP(O)O)c1ccccc1. The standard InChI is InChI=1S/C77H128O12P4/c1-5-9-13-17-21-25-29-33-37-53-65-73(86-90(78)79,69-57-45-41-46-58-69)77(74(87-91(80)81,70-59-47-42-48-60-70)66-54-38-34-30-26-22-18-14-10-6-2,75(88-92(82)83,71-61-49-43-50-62-71)67-55-39-35-31-27-23-19-15-11-7-3)76(89-93(84)85,72-63-51-44-52-64-72)68-56-40-36-32-28-24-20-16-12-8-4/h41-52,57-64,78-85H,5-40,53-56,65-68H2,1-4H3. The minimum Gasteiger partial charge on any atom is -0.328 e. The van der Waals surface area contributed by atoms with Gasteiger partial charge >= 0.3 is 34.4 Å². The first-order valence-electron chi connectivity index (χ1n) is 37.0. The highest BCUT2D eigenvalue weighted by atomic mass is 31.2. The van der Waals surface area contributed by atoms with E-state index in [1.807, 2.05) is 121 Å². The van der Waals surface area contributed by atoms with E-state index in [1.54, 1.807) is 0 Å². The fourth-order valence-electron chi connectivity index (χ4n) is 15.7. The summed E-state index contributed by atoms with van der Waals surface area (Å²) in [6.07, 6.45) is 39.5. The molecule has 0 aliphatic rings. The molecule has 0 bridgehead atoms. The van der Waals surface area contributed by atoms with Crippen LogP contribution in [-0.2, 0) is 40.5 Å². The van der Waals surface area contributed by atoms with Crippen molar-refractivity contribution >= 4 is 34.4 Å². The van der Waals surface area contributed by atoms with Crippen LogP contribution >= 0.6 is 34.4 Å². The van der Waals surface area contributed by atoms with E-state index >= 15 is 0 Å². The average molecular weight is 1370 g/mol. The van der Waals surface area contributed by atoms with Gasteiger partial charge in [-0.05, 0) is 47.9 Å². The molecular weight excluding hydrogens is 1240 g/mol. The Hall–Kier alpha value is -1.88. The molecule has 0 aliphatic heterocycles. The van der Waals surface area contributed by atoms with E-state index in [0.29, 0.717) is 73.6 Å². The minimum atomic E-state index is -3.44. The summed E-state index contributed by atoms with van der Waals surface area (Å²) in [5.41, 5.74) is -9.59. The predicted octanol–water partition coefficient (Wildman–Crippen LogP) is 23.7. The summed E-state index contributed by atoms with van der Waals surface area (Å²) in [6, 6.07) is 37.8. The number of rotatable bonds is 60. The first-order valence-corrected chi connectivity index (χ1v) is 41.7. The summed E-state index contributed by atoms with van der Waals surface area (Å²) in [6.45, 7) is 8.92. The second kappa shape index (κ2) is 49.6. The van der Waals surface area contributed by atoms with Crippen molar-refractivity contribution in [3.8, 4) is 0 Å². The largest absolute Gasteiger partial charge is 0.328 e. The molecule has 4 aromatic carbocycles. The zero-order valence-corrected chi connectivity index (χ0v) is 61.7. The van der Waals surface area contributed by atoms with Crippen molar-refractivity contribution in [3.63, 3.8) is 0 Å². The number of hydrogen-bond acceptors (Lipinski definition) is 12. The Morgan fingerprint density at radius 1 is 0.215 bits per heavy atom. The van der Waals surface area contributed by atoms with Crippen LogP contribution in [0, 0.1) is 5.41 Å². The zero-order valence-electron chi connectivity index (χ0n) is 58.2. The van der Waals surface area contributed by atoms with Gasteiger partial charge in [-0.15, -0.1) is 0 Å². The van der Waals surface area contributed by atoms with Crippen LogP contribution in [0.5, 0.6) is 0 Å². The van der Waals surface area contributed by atoms with E-state index in [1.165, 1.54) is 103 Å². The Morgan fingerprint density at radius 2 is 0.355 bits per heavy atom. The first-order chi connectivity index (χ1) is 45.3. The summed E-state index contributed by atoms with van der Waals surface area (Å²) in [4.78, 5) is 100. The molecule has 0 spiro atoms. The van der Waals surface area contributed by atoms with Crippen molar-refractivity contribution in [1.29, 1.82) is 0 Å². The van der Waals surface area contributed by atoms with Crippen LogP contribution in [0.3, 0.4) is 0 Å². The Morgan fingerprint density at radius 3 is 0.495 bits per heavy atom. The second-order valence-corrected chi connectivity index (χ2v) is 29.4. The van der Waals surface area contributed by atoms with E-state index in [-0.39, 0.29) is 25.7 Å². The maximum Gasteiger partial charge on any atom is 0.327 e. The van der Waals surface area contributed by atoms with Gasteiger partial charge in [0.25, 0.3) is 0 Å². The van der Waals surface area contributed by atoms with Gasteiger partial charge in [0.15, 0.2) is 0 Å². The van der Waals surface area contributed by atoms with Gasteiger partial charge in [0.1, 0.15) is 27.8 Å². The van der Waals surface area contributed by atoms with Crippen molar-refractivity contribution in [2.24, 2.45) is 5.41 Å². The van der Waals surface area contributed by atoms with E-state index in [4.69, 9.17) is 18.1 Å². The summed E-state index contributed by atoms with van der Waals surface area (Å²) >= 11 is 0. The lowest BCUT2D eigenvalue weighted by atomic mass is 9.39. The van der Waals surface area contributed by atoms with Crippen molar-refractivity contribution < 1.29 is 57.2 Å². The lowest BCUT2D eigenvalue weighted by Gasteiger charge is -2.72. The molecule has 4 aromatic rings. The highest BCUT2D eigenvalue weighted by Gasteiger charge is 2.84. The van der Waals surface area contributed by atoms with Crippen LogP contribution in [0.15, 0.2) is 121 Å². The van der Waals surface area contributed by atoms with Gasteiger partial charge < -0.3 is 39.1 Å². The Kier molecular flexibility index (Phi) is 44.6. The van der Waals surface area contributed by atoms with Gasteiger partial charge in [-0.25, -0.2) is 0 Å². The Bertz CT molecular complexity index is 2050. The fraction of sp³-hybridized carbons (Fsp3) is 0.688. The monoisotopic (exact) mass is 1370 g/mol. The minimum absolute atomic E-state index is 0.00621. The molecule has 0 amide bonds. The molecule has 4 unspecified atom stereocenters. The second-order valence-electron chi connectivity index (χ2n) is 26.6. The molecule has 16 heteroatoms. The normalized spacial score (nSPS) is 15.4. The van der Waals surface area contributed by atoms with Crippen LogP contribution in [0.25, 0.3) is 0 Å². The van der Waals surface area contributed by atoms with Gasteiger partial charge in [-0.1, -0.05) is 406 Å². The lowest BCUT2D eigenvalue weighted by molar-refractivity contribution is -0.349. The molecule has 12 nitrogen and oxygen atoms in total. The summed E-state index contributed by atoms with van der Waals surface area (Å²) in [5.74, 6) is 0. The van der Waals surface area contributed by atoms with Crippen LogP contribution in [0.1, 0.15) is 332 Å². The first kappa shape index (κ1) is 83.5. The summed E-state index contributed by atoms with van der Waals surface area (Å²) in [5, 5.41) is 0. The molecule has 528 valence electrons. The average Bonchev–Trinajstić information content (AvgIpc) is 0.647. The topological polar surface area (TPSA) is 199 Å². The lowest BCUT2D eigenvalue weighted by Crippen LogP contribution is -2.77. The fourth-order valence-corrected chi connectivity index (χ4v) is 18.1. The molecule has 0 heterocycles. The van der Waals surface area contributed by atoms with E-state index in [0.717, 1.165) is 103 Å². The molecule has 93 heavy (non-hydrogen) atoms. The molecular formula is C77H128O12P4. The molecule has 0 radical (unpaired) electrons. The van der Waals surface area contributed by atoms with E-state index in [9.17, 15) is 39.1 Å². The number of benzene rings is 4. The van der Waals surface area contributed by atoms with Crippen LogP contribution in [0.2, 0.25) is 0 Å². The highest BCUT2D eigenvalue weighted by Crippen LogP contribution is 2.81. The van der Waals surface area contributed by atoms with E-state index < -0.39 is 62.2 Å². The summed E-state index contributed by atoms with van der Waals surface area (Å²) in [7, 11) is -13.7. The van der Waals surface area contributed by atoms with Gasteiger partial charge in [0.2, 0.25) is 0 Å². The quantitative estimate of drug-likeness (QED) is 0.0154. The third-order valence-electron chi connectivity index (χ3n) is 19.9. The highest BCUT2D eigenvalue weighted by molar-refractivity contribution is 7.40. The molecule has 8 N–H and O–H groups in total. The predicted molar refractivity (Wildman–Crippen MR) is 391 cm³/mol. The van der Waals surface area contributed by atoms with Crippen molar-refractivity contribution in [1.82, 2.24) is 0 Å². The molecule has 0 fully saturated rings. The van der Waals surface area contributed by atoms with Gasteiger partial charge in [-0.2, -0.15) is 0 Å². The third kappa shape index (κ3) is 26.6. The molecule has 0 saturated heterocycles. The molecule has 0 aliphatic carbocycles. The molecule has 4 atom stereocenters. The zero-order chi connectivity index (χ0) is 67.2. The number of hydrogen-bond donors (Lipinski definition) is 8.